The fourth-order valence-corrected chi connectivity index (χ4v) is 4.49. The van der Waals surface area contributed by atoms with Crippen LogP contribution in [0.5, 0.6) is 5.75 Å². The van der Waals surface area contributed by atoms with Crippen LogP contribution in [0.2, 0.25) is 0 Å². The van der Waals surface area contributed by atoms with E-state index in [9.17, 15) is 0 Å². The molecule has 2 bridgehead atoms. The lowest BCUT2D eigenvalue weighted by Gasteiger charge is -2.44. The maximum absolute atomic E-state index is 6.32. The highest BCUT2D eigenvalue weighted by Crippen LogP contribution is 2.31. The number of hydrogen-bond donors (Lipinski definition) is 1. The third-order valence-corrected chi connectivity index (χ3v) is 6.30. The molecule has 1 unspecified atom stereocenters. The summed E-state index contributed by atoms with van der Waals surface area (Å²) in [6, 6.07) is 25.6. The summed E-state index contributed by atoms with van der Waals surface area (Å²) >= 11 is 0. The third kappa shape index (κ3) is 4.15. The molecule has 0 aromatic heterocycles. The molecule has 0 spiro atoms. The Bertz CT molecular complexity index is 940. The van der Waals surface area contributed by atoms with Gasteiger partial charge >= 0.3 is 0 Å². The van der Waals surface area contributed by atoms with E-state index < -0.39 is 0 Å². The first-order valence-electron chi connectivity index (χ1n) is 10.7. The monoisotopic (exact) mass is 384 g/mol. The molecule has 3 nitrogen and oxygen atoms in total. The van der Waals surface area contributed by atoms with E-state index in [0.717, 1.165) is 29.6 Å². The van der Waals surface area contributed by atoms with Gasteiger partial charge in [-0.05, 0) is 86.3 Å². The van der Waals surface area contributed by atoms with Crippen molar-refractivity contribution >= 4 is 11.4 Å². The van der Waals surface area contributed by atoms with Crippen LogP contribution in [0.15, 0.2) is 72.8 Å². The van der Waals surface area contributed by atoms with Crippen molar-refractivity contribution in [3.8, 4) is 16.9 Å². The van der Waals surface area contributed by atoms with Crippen LogP contribution >= 0.6 is 0 Å². The van der Waals surface area contributed by atoms with Crippen LogP contribution in [0, 0.1) is 12.8 Å². The lowest BCUT2D eigenvalue weighted by atomic mass is 9.86. The predicted octanol–water partition coefficient (Wildman–Crippen LogP) is 5.88. The number of ether oxygens (including phenoxy) is 1. The first kappa shape index (κ1) is 18.3. The van der Waals surface area contributed by atoms with Crippen molar-refractivity contribution < 1.29 is 4.74 Å². The predicted molar refractivity (Wildman–Crippen MR) is 120 cm³/mol. The molecule has 0 saturated carbocycles. The van der Waals surface area contributed by atoms with E-state index in [4.69, 9.17) is 4.74 Å². The normalized spacial score (nSPS) is 23.0. The molecule has 1 N–H and O–H groups in total. The minimum atomic E-state index is 0.357. The zero-order chi connectivity index (χ0) is 19.6. The zero-order valence-corrected chi connectivity index (χ0v) is 17.0. The molecule has 3 aromatic carbocycles. The average Bonchev–Trinajstić information content (AvgIpc) is 2.77. The molecule has 3 heteroatoms. The van der Waals surface area contributed by atoms with Gasteiger partial charge in [-0.3, -0.25) is 4.90 Å². The Balaban J connectivity index is 1.23. The van der Waals surface area contributed by atoms with E-state index >= 15 is 0 Å². The minimum Gasteiger partial charge on any atom is -0.489 e. The highest BCUT2D eigenvalue weighted by molar-refractivity contribution is 5.68. The Labute approximate surface area is 173 Å². The van der Waals surface area contributed by atoms with Crippen LogP contribution in [0.4, 0.5) is 11.4 Å². The number of anilines is 2. The lowest BCUT2D eigenvalue weighted by Crippen LogP contribution is -2.52. The second kappa shape index (κ2) is 7.92. The number of piperidine rings is 3. The Morgan fingerprint density at radius 2 is 1.31 bits per heavy atom. The minimum absolute atomic E-state index is 0.357. The standard InChI is InChI=1S/C26H28N2O/c1-19-2-8-23(9-3-19)27-24-10-4-20(5-11-24)21-6-12-25(13-7-21)29-26-18-28-16-14-22(26)15-17-28/h2-13,22,26-27H,14-18H2,1H3. The van der Waals surface area contributed by atoms with Crippen LogP contribution in [-0.4, -0.2) is 30.6 Å². The maximum atomic E-state index is 6.32. The molecular weight excluding hydrogens is 356 g/mol. The van der Waals surface area contributed by atoms with Gasteiger partial charge in [-0.2, -0.15) is 0 Å². The summed E-state index contributed by atoms with van der Waals surface area (Å²) in [5.41, 5.74) is 5.91. The molecule has 0 radical (unpaired) electrons. The fraction of sp³-hybridized carbons (Fsp3) is 0.308. The van der Waals surface area contributed by atoms with Crippen molar-refractivity contribution in [2.45, 2.75) is 25.9 Å². The number of fused-ring (bicyclic) bond motifs is 3. The molecule has 3 aliphatic rings. The van der Waals surface area contributed by atoms with Crippen LogP contribution in [0.1, 0.15) is 18.4 Å². The van der Waals surface area contributed by atoms with E-state index in [2.05, 4.69) is 89.9 Å². The largest absolute Gasteiger partial charge is 0.489 e. The van der Waals surface area contributed by atoms with Crippen LogP contribution in [0.3, 0.4) is 0 Å². The summed E-state index contributed by atoms with van der Waals surface area (Å²) in [7, 11) is 0. The smallest absolute Gasteiger partial charge is 0.119 e. The molecule has 0 amide bonds. The Morgan fingerprint density at radius 3 is 1.86 bits per heavy atom. The van der Waals surface area contributed by atoms with E-state index in [1.54, 1.807) is 0 Å². The molecule has 3 fully saturated rings. The molecule has 29 heavy (non-hydrogen) atoms. The van der Waals surface area contributed by atoms with Gasteiger partial charge in [0.25, 0.3) is 0 Å². The fourth-order valence-electron chi connectivity index (χ4n) is 4.49. The summed E-state index contributed by atoms with van der Waals surface area (Å²) in [5.74, 6) is 1.72. The zero-order valence-electron chi connectivity index (χ0n) is 17.0. The molecular formula is C26H28N2O. The third-order valence-electron chi connectivity index (χ3n) is 6.30. The number of nitrogens with one attached hydrogen (secondary N) is 1. The quantitative estimate of drug-likeness (QED) is 0.595. The Kier molecular flexibility index (Phi) is 4.99. The molecule has 3 aliphatic heterocycles. The summed E-state index contributed by atoms with van der Waals surface area (Å²) in [4.78, 5) is 2.53. The number of aryl methyl sites for hydroxylation is 1. The number of nitrogens with zero attached hydrogens (tertiary/aromatic N) is 1. The van der Waals surface area contributed by atoms with Gasteiger partial charge in [0.2, 0.25) is 0 Å². The lowest BCUT2D eigenvalue weighted by molar-refractivity contribution is -0.00775. The van der Waals surface area contributed by atoms with Gasteiger partial charge in [0, 0.05) is 17.9 Å². The molecule has 6 rings (SSSR count). The first-order valence-corrected chi connectivity index (χ1v) is 10.7. The van der Waals surface area contributed by atoms with Gasteiger partial charge in [-0.25, -0.2) is 0 Å². The molecule has 1 atom stereocenters. The average molecular weight is 385 g/mol. The van der Waals surface area contributed by atoms with Crippen molar-refractivity contribution in [1.29, 1.82) is 0 Å². The maximum Gasteiger partial charge on any atom is 0.119 e. The highest BCUT2D eigenvalue weighted by Gasteiger charge is 2.35. The van der Waals surface area contributed by atoms with Crippen LogP contribution in [0.25, 0.3) is 11.1 Å². The van der Waals surface area contributed by atoms with E-state index in [-0.39, 0.29) is 0 Å². The highest BCUT2D eigenvalue weighted by atomic mass is 16.5. The topological polar surface area (TPSA) is 24.5 Å². The molecule has 148 valence electrons. The van der Waals surface area contributed by atoms with Gasteiger partial charge in [0.05, 0.1) is 0 Å². The van der Waals surface area contributed by atoms with Crippen LogP contribution in [-0.2, 0) is 0 Å². The molecule has 3 aromatic rings. The number of rotatable bonds is 5. The van der Waals surface area contributed by atoms with E-state index in [1.807, 2.05) is 0 Å². The Morgan fingerprint density at radius 1 is 0.759 bits per heavy atom. The SMILES string of the molecule is Cc1ccc(Nc2ccc(-c3ccc(OC4CN5CCC4CC5)cc3)cc2)cc1. The van der Waals surface area contributed by atoms with Gasteiger partial charge in [0.15, 0.2) is 0 Å². The second-order valence-electron chi connectivity index (χ2n) is 8.39. The van der Waals surface area contributed by atoms with Gasteiger partial charge in [-0.1, -0.05) is 42.0 Å². The van der Waals surface area contributed by atoms with Crippen molar-refractivity contribution in [1.82, 2.24) is 4.90 Å². The van der Waals surface area contributed by atoms with Crippen molar-refractivity contribution in [2.24, 2.45) is 5.92 Å². The van der Waals surface area contributed by atoms with Gasteiger partial charge in [-0.15, -0.1) is 0 Å². The van der Waals surface area contributed by atoms with E-state index in [0.29, 0.717) is 6.10 Å². The summed E-state index contributed by atoms with van der Waals surface area (Å²) < 4.78 is 6.32. The van der Waals surface area contributed by atoms with Crippen molar-refractivity contribution in [3.63, 3.8) is 0 Å². The summed E-state index contributed by atoms with van der Waals surface area (Å²) in [6.45, 7) is 5.68. The summed E-state index contributed by atoms with van der Waals surface area (Å²) in [5, 5.41) is 3.45. The Hall–Kier alpha value is -2.78. The first-order chi connectivity index (χ1) is 14.2. The second-order valence-corrected chi connectivity index (χ2v) is 8.39. The number of benzene rings is 3. The van der Waals surface area contributed by atoms with Gasteiger partial charge in [0.1, 0.15) is 11.9 Å². The van der Waals surface area contributed by atoms with Crippen molar-refractivity contribution in [3.05, 3.63) is 78.4 Å². The molecule has 3 heterocycles. The van der Waals surface area contributed by atoms with Gasteiger partial charge < -0.3 is 10.1 Å². The summed E-state index contributed by atoms with van der Waals surface area (Å²) in [6.07, 6.45) is 2.92. The molecule has 3 saturated heterocycles. The van der Waals surface area contributed by atoms with Crippen LogP contribution < -0.4 is 10.1 Å². The van der Waals surface area contributed by atoms with E-state index in [1.165, 1.54) is 42.6 Å². The van der Waals surface area contributed by atoms with Crippen molar-refractivity contribution in [2.75, 3.05) is 25.0 Å². The molecule has 0 aliphatic carbocycles. The number of hydrogen-bond acceptors (Lipinski definition) is 3.